The summed E-state index contributed by atoms with van der Waals surface area (Å²) < 4.78 is 23.6. The maximum absolute atomic E-state index is 13.1. The SMILES string of the molecule is COCCCN1CCOc2ccc(COC3CNCCC3c3ccc(C(=O)N4CC(Oc5ccccc5)C4)cc3)cc21. The van der Waals surface area contributed by atoms with E-state index in [0.717, 1.165) is 73.9 Å². The summed E-state index contributed by atoms with van der Waals surface area (Å²) >= 11 is 0. The number of anilines is 1. The summed E-state index contributed by atoms with van der Waals surface area (Å²) in [4.78, 5) is 17.3. The second-order valence-corrected chi connectivity index (χ2v) is 11.3. The number of hydrogen-bond donors (Lipinski definition) is 1. The highest BCUT2D eigenvalue weighted by molar-refractivity contribution is 5.94. The minimum Gasteiger partial charge on any atom is -0.490 e. The third-order valence-corrected chi connectivity index (χ3v) is 8.42. The van der Waals surface area contributed by atoms with Gasteiger partial charge in [-0.2, -0.15) is 0 Å². The predicted octanol–water partition coefficient (Wildman–Crippen LogP) is 4.49. The van der Waals surface area contributed by atoms with Gasteiger partial charge in [0.05, 0.1) is 38.0 Å². The second kappa shape index (κ2) is 13.6. The van der Waals surface area contributed by atoms with Gasteiger partial charge in [0.2, 0.25) is 0 Å². The molecule has 42 heavy (non-hydrogen) atoms. The van der Waals surface area contributed by atoms with Crippen LogP contribution in [0.1, 0.15) is 40.2 Å². The van der Waals surface area contributed by atoms with Gasteiger partial charge in [-0.3, -0.25) is 4.79 Å². The van der Waals surface area contributed by atoms with Crippen LogP contribution in [-0.2, 0) is 16.1 Å². The van der Waals surface area contributed by atoms with Crippen molar-refractivity contribution in [2.45, 2.75) is 37.6 Å². The van der Waals surface area contributed by atoms with Gasteiger partial charge in [0, 0.05) is 38.3 Å². The van der Waals surface area contributed by atoms with Crippen LogP contribution in [0.2, 0.25) is 0 Å². The van der Waals surface area contributed by atoms with Crippen LogP contribution in [0.3, 0.4) is 0 Å². The van der Waals surface area contributed by atoms with Crippen molar-refractivity contribution >= 4 is 11.6 Å². The molecule has 0 aromatic heterocycles. The van der Waals surface area contributed by atoms with Crippen LogP contribution in [0.25, 0.3) is 0 Å². The van der Waals surface area contributed by atoms with E-state index in [0.29, 0.717) is 26.3 Å². The van der Waals surface area contributed by atoms with Crippen molar-refractivity contribution in [2.24, 2.45) is 0 Å². The molecule has 6 rings (SSSR count). The molecule has 3 heterocycles. The van der Waals surface area contributed by atoms with Gasteiger partial charge in [-0.25, -0.2) is 0 Å². The van der Waals surface area contributed by atoms with E-state index in [1.54, 1.807) is 7.11 Å². The summed E-state index contributed by atoms with van der Waals surface area (Å²) in [6.45, 7) is 6.81. The quantitative estimate of drug-likeness (QED) is 0.340. The van der Waals surface area contributed by atoms with Crippen molar-refractivity contribution < 1.29 is 23.7 Å². The lowest BCUT2D eigenvalue weighted by molar-refractivity contribution is 0.0106. The van der Waals surface area contributed by atoms with Crippen molar-refractivity contribution in [2.75, 3.05) is 64.5 Å². The summed E-state index contributed by atoms with van der Waals surface area (Å²) in [5.74, 6) is 2.11. The minimum atomic E-state index is 0.0460. The Hall–Kier alpha value is -3.59. The highest BCUT2D eigenvalue weighted by Gasteiger charge is 2.33. The van der Waals surface area contributed by atoms with Crippen LogP contribution >= 0.6 is 0 Å². The average molecular weight is 572 g/mol. The molecule has 8 heteroatoms. The number of nitrogens with zero attached hydrogens (tertiary/aromatic N) is 2. The molecule has 0 aliphatic carbocycles. The standard InChI is InChI=1S/C34H41N3O5/c1-39-18-5-16-36-17-19-40-32-13-8-25(20-31(32)36)24-41-33-21-35-15-14-30(33)26-9-11-27(12-10-26)34(38)37-22-29(23-37)42-28-6-3-2-4-7-28/h2-4,6-13,20,29-30,33,35H,5,14-19,21-24H2,1H3. The largest absolute Gasteiger partial charge is 0.490 e. The lowest BCUT2D eigenvalue weighted by Crippen LogP contribution is -2.56. The molecular formula is C34H41N3O5. The van der Waals surface area contributed by atoms with E-state index < -0.39 is 0 Å². The summed E-state index contributed by atoms with van der Waals surface area (Å²) in [5, 5.41) is 3.50. The molecule has 3 aliphatic rings. The lowest BCUT2D eigenvalue weighted by Gasteiger charge is -2.39. The van der Waals surface area contributed by atoms with Gasteiger partial charge >= 0.3 is 0 Å². The van der Waals surface area contributed by atoms with E-state index in [1.165, 1.54) is 5.56 Å². The maximum Gasteiger partial charge on any atom is 0.254 e. The summed E-state index contributed by atoms with van der Waals surface area (Å²) in [7, 11) is 1.75. The predicted molar refractivity (Wildman–Crippen MR) is 163 cm³/mol. The first-order valence-electron chi connectivity index (χ1n) is 15.1. The number of rotatable bonds is 11. The molecule has 0 spiro atoms. The van der Waals surface area contributed by atoms with Gasteiger partial charge in [-0.05, 0) is 66.9 Å². The van der Waals surface area contributed by atoms with Crippen molar-refractivity contribution in [3.05, 3.63) is 89.5 Å². The smallest absolute Gasteiger partial charge is 0.254 e. The summed E-state index contributed by atoms with van der Waals surface area (Å²) in [6.07, 6.45) is 2.08. The number of fused-ring (bicyclic) bond motifs is 1. The van der Waals surface area contributed by atoms with Crippen molar-refractivity contribution in [3.63, 3.8) is 0 Å². The van der Waals surface area contributed by atoms with Crippen LogP contribution in [0.15, 0.2) is 72.8 Å². The number of likely N-dealkylation sites (tertiary alicyclic amines) is 1. The average Bonchev–Trinajstić information content (AvgIpc) is 3.02. The molecule has 2 saturated heterocycles. The molecule has 222 valence electrons. The van der Waals surface area contributed by atoms with Crippen molar-refractivity contribution in [1.29, 1.82) is 0 Å². The van der Waals surface area contributed by atoms with Gasteiger partial charge in [-0.1, -0.05) is 36.4 Å². The fraction of sp³-hybridized carbons (Fsp3) is 0.441. The van der Waals surface area contributed by atoms with Crippen molar-refractivity contribution in [1.82, 2.24) is 10.2 Å². The number of benzene rings is 3. The summed E-state index contributed by atoms with van der Waals surface area (Å²) in [6, 6.07) is 24.3. The normalized spacial score (nSPS) is 20.4. The Bertz CT molecular complexity index is 1310. The van der Waals surface area contributed by atoms with E-state index in [2.05, 4.69) is 40.5 Å². The first-order chi connectivity index (χ1) is 20.7. The van der Waals surface area contributed by atoms with Gasteiger partial charge in [-0.15, -0.1) is 0 Å². The van der Waals surface area contributed by atoms with Crippen LogP contribution in [-0.4, -0.2) is 82.6 Å². The van der Waals surface area contributed by atoms with Gasteiger partial charge in [0.15, 0.2) is 0 Å². The van der Waals surface area contributed by atoms with Crippen LogP contribution in [0.4, 0.5) is 5.69 Å². The number of carbonyl (C=O) groups is 1. The van der Waals surface area contributed by atoms with Crippen LogP contribution in [0, 0.1) is 0 Å². The Kier molecular flexibility index (Phi) is 9.23. The zero-order valence-corrected chi connectivity index (χ0v) is 24.4. The Morgan fingerprint density at radius 2 is 1.88 bits per heavy atom. The van der Waals surface area contributed by atoms with E-state index in [4.69, 9.17) is 18.9 Å². The molecule has 0 radical (unpaired) electrons. The molecule has 8 nitrogen and oxygen atoms in total. The zero-order valence-electron chi connectivity index (χ0n) is 24.4. The third-order valence-electron chi connectivity index (χ3n) is 8.42. The molecule has 3 aliphatic heterocycles. The zero-order chi connectivity index (χ0) is 28.7. The number of ether oxygens (including phenoxy) is 4. The highest BCUT2D eigenvalue weighted by atomic mass is 16.5. The summed E-state index contributed by atoms with van der Waals surface area (Å²) in [5.41, 5.74) is 4.22. The van der Waals surface area contributed by atoms with E-state index in [1.807, 2.05) is 47.4 Å². The molecule has 2 atom stereocenters. The maximum atomic E-state index is 13.1. The topological polar surface area (TPSA) is 72.5 Å². The number of methoxy groups -OCH3 is 1. The first kappa shape index (κ1) is 28.5. The molecule has 1 N–H and O–H groups in total. The number of hydrogen-bond acceptors (Lipinski definition) is 7. The number of amides is 1. The second-order valence-electron chi connectivity index (χ2n) is 11.3. The van der Waals surface area contributed by atoms with Gasteiger partial charge in [0.25, 0.3) is 5.91 Å². The fourth-order valence-electron chi connectivity index (χ4n) is 6.06. The first-order valence-corrected chi connectivity index (χ1v) is 15.1. The van der Waals surface area contributed by atoms with Gasteiger partial charge in [0.1, 0.15) is 24.2 Å². The number of piperidine rings is 1. The Balaban J connectivity index is 1.04. The van der Waals surface area contributed by atoms with Gasteiger partial charge < -0.3 is 34.1 Å². The molecular weight excluding hydrogens is 530 g/mol. The minimum absolute atomic E-state index is 0.0460. The third kappa shape index (κ3) is 6.72. The lowest BCUT2D eigenvalue weighted by atomic mass is 9.87. The molecule has 3 aromatic rings. The van der Waals surface area contributed by atoms with E-state index >= 15 is 0 Å². The molecule has 2 unspecified atom stereocenters. The van der Waals surface area contributed by atoms with E-state index in [9.17, 15) is 4.79 Å². The number of nitrogens with one attached hydrogen (secondary N) is 1. The monoisotopic (exact) mass is 571 g/mol. The van der Waals surface area contributed by atoms with Crippen molar-refractivity contribution in [3.8, 4) is 11.5 Å². The molecule has 2 fully saturated rings. The Morgan fingerprint density at radius 3 is 2.69 bits per heavy atom. The molecule has 1 amide bonds. The Labute approximate surface area is 248 Å². The Morgan fingerprint density at radius 1 is 1.05 bits per heavy atom. The highest BCUT2D eigenvalue weighted by Crippen LogP contribution is 2.34. The molecule has 0 bridgehead atoms. The fourth-order valence-corrected chi connectivity index (χ4v) is 6.06. The number of carbonyl (C=O) groups excluding carboxylic acids is 1. The molecule has 3 aromatic carbocycles. The molecule has 0 saturated carbocycles. The van der Waals surface area contributed by atoms with E-state index in [-0.39, 0.29) is 24.0 Å². The number of para-hydroxylation sites is 1. The van der Waals surface area contributed by atoms with Crippen LogP contribution < -0.4 is 19.7 Å². The van der Waals surface area contributed by atoms with Crippen LogP contribution in [0.5, 0.6) is 11.5 Å².